The second kappa shape index (κ2) is 6.20. The molecule has 0 aliphatic heterocycles. The molecule has 1 aromatic carbocycles. The lowest BCUT2D eigenvalue weighted by Crippen LogP contribution is -2.17. The highest BCUT2D eigenvalue weighted by Crippen LogP contribution is 2.10. The summed E-state index contributed by atoms with van der Waals surface area (Å²) in [5.41, 5.74) is 0.343. The van der Waals surface area contributed by atoms with Crippen molar-refractivity contribution in [2.45, 2.75) is 19.5 Å². The Morgan fingerprint density at radius 3 is 2.94 bits per heavy atom. The van der Waals surface area contributed by atoms with E-state index in [0.717, 1.165) is 19.0 Å². The molecule has 1 heterocycles. The van der Waals surface area contributed by atoms with Crippen molar-refractivity contribution in [2.24, 2.45) is 0 Å². The first-order chi connectivity index (χ1) is 8.77. The minimum atomic E-state index is -0.808. The van der Waals surface area contributed by atoms with E-state index in [9.17, 15) is 8.78 Å². The lowest BCUT2D eigenvalue weighted by atomic mass is 10.2. The molecular weight excluding hydrogens is 238 g/mol. The van der Waals surface area contributed by atoms with Gasteiger partial charge in [0.05, 0.1) is 6.20 Å². The molecule has 0 aliphatic carbocycles. The summed E-state index contributed by atoms with van der Waals surface area (Å²) in [5, 5.41) is 10.6. The average Bonchev–Trinajstić information content (AvgIpc) is 2.87. The van der Waals surface area contributed by atoms with Crippen LogP contribution in [0.2, 0.25) is 0 Å². The highest BCUT2D eigenvalue weighted by atomic mass is 19.2. The molecule has 0 atom stereocenters. The first-order valence-corrected chi connectivity index (χ1v) is 5.75. The van der Waals surface area contributed by atoms with Gasteiger partial charge in [0.15, 0.2) is 11.6 Å². The van der Waals surface area contributed by atoms with Gasteiger partial charge >= 0.3 is 0 Å². The van der Waals surface area contributed by atoms with Crippen molar-refractivity contribution >= 4 is 0 Å². The molecule has 0 aliphatic rings. The Kier molecular flexibility index (Phi) is 4.35. The lowest BCUT2D eigenvalue weighted by Gasteiger charge is -2.06. The van der Waals surface area contributed by atoms with Gasteiger partial charge in [0, 0.05) is 24.8 Å². The van der Waals surface area contributed by atoms with E-state index >= 15 is 0 Å². The number of halogens is 2. The summed E-state index contributed by atoms with van der Waals surface area (Å²) in [4.78, 5) is 0. The molecule has 2 aromatic rings. The number of hydrogen-bond acceptors (Lipinski definition) is 3. The van der Waals surface area contributed by atoms with Crippen LogP contribution in [0.3, 0.4) is 0 Å². The van der Waals surface area contributed by atoms with E-state index in [4.69, 9.17) is 0 Å². The van der Waals surface area contributed by atoms with E-state index in [2.05, 4.69) is 15.6 Å². The van der Waals surface area contributed by atoms with Gasteiger partial charge in [0.1, 0.15) is 0 Å². The molecule has 6 heteroatoms. The van der Waals surface area contributed by atoms with Crippen LogP contribution >= 0.6 is 0 Å². The normalized spacial score (nSPS) is 10.8. The predicted octanol–water partition coefficient (Wildman–Crippen LogP) is 1.74. The van der Waals surface area contributed by atoms with E-state index in [1.807, 2.05) is 0 Å². The number of aryl methyl sites for hydroxylation is 1. The number of benzene rings is 1. The zero-order chi connectivity index (χ0) is 12.8. The third-order valence-electron chi connectivity index (χ3n) is 2.56. The highest BCUT2D eigenvalue weighted by molar-refractivity contribution is 5.18. The van der Waals surface area contributed by atoms with E-state index in [1.54, 1.807) is 23.1 Å². The quantitative estimate of drug-likeness (QED) is 0.796. The minimum absolute atomic E-state index is 0.320. The van der Waals surface area contributed by atoms with Crippen LogP contribution in [0.25, 0.3) is 0 Å². The number of nitrogens with zero attached hydrogens (tertiary/aromatic N) is 3. The summed E-state index contributed by atoms with van der Waals surface area (Å²) >= 11 is 0. The van der Waals surface area contributed by atoms with Gasteiger partial charge in [-0.1, -0.05) is 17.3 Å². The van der Waals surface area contributed by atoms with Gasteiger partial charge in [0.2, 0.25) is 0 Å². The standard InChI is InChI=1S/C12H14F2N4/c13-11-4-1-3-10(12(11)14)9-15-5-2-7-18-8-6-16-17-18/h1,3-4,6,8,15H,2,5,7,9H2. The van der Waals surface area contributed by atoms with Gasteiger partial charge in [-0.15, -0.1) is 5.10 Å². The molecule has 0 amide bonds. The maximum absolute atomic E-state index is 13.3. The van der Waals surface area contributed by atoms with Crippen LogP contribution in [0, 0.1) is 11.6 Å². The van der Waals surface area contributed by atoms with Crippen LogP contribution in [0.4, 0.5) is 8.78 Å². The zero-order valence-electron chi connectivity index (χ0n) is 9.81. The Morgan fingerprint density at radius 2 is 2.17 bits per heavy atom. The summed E-state index contributed by atoms with van der Waals surface area (Å²) in [6.45, 7) is 1.77. The fourth-order valence-corrected chi connectivity index (χ4v) is 1.63. The van der Waals surface area contributed by atoms with Crippen LogP contribution in [0.1, 0.15) is 12.0 Å². The van der Waals surface area contributed by atoms with Crippen molar-refractivity contribution in [3.8, 4) is 0 Å². The summed E-state index contributed by atoms with van der Waals surface area (Å²) in [7, 11) is 0. The van der Waals surface area contributed by atoms with Gasteiger partial charge in [-0.25, -0.2) is 8.78 Å². The maximum Gasteiger partial charge on any atom is 0.163 e. The topological polar surface area (TPSA) is 42.7 Å². The van der Waals surface area contributed by atoms with Crippen molar-refractivity contribution in [2.75, 3.05) is 6.54 Å². The van der Waals surface area contributed by atoms with E-state index in [1.165, 1.54) is 6.07 Å². The highest BCUT2D eigenvalue weighted by Gasteiger charge is 2.06. The van der Waals surface area contributed by atoms with Gasteiger partial charge in [-0.2, -0.15) is 0 Å². The van der Waals surface area contributed by atoms with Crippen molar-refractivity contribution in [1.29, 1.82) is 0 Å². The van der Waals surface area contributed by atoms with Crippen LogP contribution in [0.5, 0.6) is 0 Å². The van der Waals surface area contributed by atoms with Gasteiger partial charge in [-0.3, -0.25) is 4.68 Å². The Bertz CT molecular complexity index is 485. The molecule has 1 N–H and O–H groups in total. The van der Waals surface area contributed by atoms with Gasteiger partial charge in [-0.05, 0) is 19.0 Å². The van der Waals surface area contributed by atoms with Gasteiger partial charge in [0.25, 0.3) is 0 Å². The summed E-state index contributed by atoms with van der Waals surface area (Å²) in [6.07, 6.45) is 4.25. The fraction of sp³-hybridized carbons (Fsp3) is 0.333. The molecule has 2 rings (SSSR count). The number of nitrogens with one attached hydrogen (secondary N) is 1. The molecular formula is C12H14F2N4. The second-order valence-corrected chi connectivity index (χ2v) is 3.91. The second-order valence-electron chi connectivity index (χ2n) is 3.91. The largest absolute Gasteiger partial charge is 0.312 e. The van der Waals surface area contributed by atoms with Crippen molar-refractivity contribution in [3.63, 3.8) is 0 Å². The molecule has 0 saturated heterocycles. The molecule has 0 radical (unpaired) electrons. The molecule has 96 valence electrons. The van der Waals surface area contributed by atoms with E-state index in [-0.39, 0.29) is 0 Å². The van der Waals surface area contributed by atoms with Crippen LogP contribution in [-0.2, 0) is 13.1 Å². The Hall–Kier alpha value is -1.82. The first-order valence-electron chi connectivity index (χ1n) is 5.75. The average molecular weight is 252 g/mol. The lowest BCUT2D eigenvalue weighted by molar-refractivity contribution is 0.487. The molecule has 0 unspecified atom stereocenters. The maximum atomic E-state index is 13.3. The Balaban J connectivity index is 1.70. The summed E-state index contributed by atoms with van der Waals surface area (Å²) in [5.74, 6) is -1.59. The van der Waals surface area contributed by atoms with Crippen molar-refractivity contribution < 1.29 is 8.78 Å². The first kappa shape index (κ1) is 12.6. The van der Waals surface area contributed by atoms with Crippen LogP contribution in [0.15, 0.2) is 30.6 Å². The van der Waals surface area contributed by atoms with E-state index in [0.29, 0.717) is 18.7 Å². The monoisotopic (exact) mass is 252 g/mol. The van der Waals surface area contributed by atoms with Crippen LogP contribution in [-0.4, -0.2) is 21.5 Å². The molecule has 0 bridgehead atoms. The number of hydrogen-bond donors (Lipinski definition) is 1. The smallest absolute Gasteiger partial charge is 0.163 e. The van der Waals surface area contributed by atoms with Crippen LogP contribution < -0.4 is 5.32 Å². The molecule has 1 aromatic heterocycles. The van der Waals surface area contributed by atoms with Gasteiger partial charge < -0.3 is 5.32 Å². The predicted molar refractivity (Wildman–Crippen MR) is 62.7 cm³/mol. The molecule has 0 spiro atoms. The van der Waals surface area contributed by atoms with Crippen molar-refractivity contribution in [1.82, 2.24) is 20.3 Å². The minimum Gasteiger partial charge on any atom is -0.312 e. The molecule has 4 nitrogen and oxygen atoms in total. The Labute approximate surface area is 104 Å². The summed E-state index contributed by atoms with van der Waals surface area (Å²) in [6, 6.07) is 4.19. The SMILES string of the molecule is Fc1cccc(CNCCCn2ccnn2)c1F. The third kappa shape index (κ3) is 3.33. The molecule has 0 saturated carbocycles. The fourth-order valence-electron chi connectivity index (χ4n) is 1.63. The summed E-state index contributed by atoms with van der Waals surface area (Å²) < 4.78 is 27.9. The third-order valence-corrected chi connectivity index (χ3v) is 2.56. The zero-order valence-corrected chi connectivity index (χ0v) is 9.81. The molecule has 18 heavy (non-hydrogen) atoms. The molecule has 0 fully saturated rings. The Morgan fingerprint density at radius 1 is 1.28 bits per heavy atom. The number of aromatic nitrogens is 3. The number of rotatable bonds is 6. The van der Waals surface area contributed by atoms with Crippen molar-refractivity contribution in [3.05, 3.63) is 47.8 Å². The van der Waals surface area contributed by atoms with E-state index < -0.39 is 11.6 Å².